The van der Waals surface area contributed by atoms with Crippen molar-refractivity contribution in [1.29, 1.82) is 0 Å². The third-order valence-corrected chi connectivity index (χ3v) is 3.10. The molecule has 6 nitrogen and oxygen atoms in total. The highest BCUT2D eigenvalue weighted by Crippen LogP contribution is 2.23. The molecule has 0 aromatic carbocycles. The Balaban J connectivity index is 2.21. The fraction of sp³-hybridized carbons (Fsp3) is 0.538. The number of ether oxygens (including phenoxy) is 2. The van der Waals surface area contributed by atoms with Crippen LogP contribution in [0.1, 0.15) is 29.8 Å². The number of pyridine rings is 1. The van der Waals surface area contributed by atoms with Gasteiger partial charge in [-0.25, -0.2) is 0 Å². The molecule has 0 bridgehead atoms. The van der Waals surface area contributed by atoms with Crippen molar-refractivity contribution < 1.29 is 14.7 Å². The van der Waals surface area contributed by atoms with E-state index in [-0.39, 0.29) is 11.9 Å². The van der Waals surface area contributed by atoms with E-state index >= 15 is 0 Å². The third kappa shape index (κ3) is 3.14. The molecule has 0 aliphatic carbocycles. The molecule has 1 aliphatic rings. The second-order valence-electron chi connectivity index (χ2n) is 4.65. The van der Waals surface area contributed by atoms with Gasteiger partial charge in [0, 0.05) is 18.4 Å². The highest BCUT2D eigenvalue weighted by Gasteiger charge is 2.19. The number of oxime groups is 1. The molecule has 1 aliphatic heterocycles. The van der Waals surface area contributed by atoms with Gasteiger partial charge >= 0.3 is 0 Å². The number of amidine groups is 1. The summed E-state index contributed by atoms with van der Waals surface area (Å²) < 4.78 is 11.3. The maximum atomic E-state index is 8.84. The molecule has 1 aromatic heterocycles. The number of nitrogens with two attached hydrogens (primary N) is 1. The molecular weight excluding hydrogens is 246 g/mol. The smallest absolute Gasteiger partial charge is 0.175 e. The molecule has 0 saturated carbocycles. The lowest BCUT2D eigenvalue weighted by molar-refractivity contribution is 0.0678. The zero-order valence-corrected chi connectivity index (χ0v) is 11.2. The summed E-state index contributed by atoms with van der Waals surface area (Å²) in [5.74, 6) is 0.586. The van der Waals surface area contributed by atoms with Crippen molar-refractivity contribution in [2.24, 2.45) is 10.9 Å². The molecule has 6 heteroatoms. The molecule has 104 valence electrons. The van der Waals surface area contributed by atoms with E-state index in [0.29, 0.717) is 23.6 Å². The van der Waals surface area contributed by atoms with Crippen LogP contribution < -0.4 is 10.5 Å². The first-order valence-corrected chi connectivity index (χ1v) is 6.32. The van der Waals surface area contributed by atoms with Crippen LogP contribution in [-0.2, 0) is 4.74 Å². The Kier molecular flexibility index (Phi) is 4.21. The molecule has 1 saturated heterocycles. The number of hydrogen-bond acceptors (Lipinski definition) is 5. The molecule has 2 heterocycles. The summed E-state index contributed by atoms with van der Waals surface area (Å²) in [6.45, 7) is 4.94. The fourth-order valence-electron chi connectivity index (χ4n) is 2.23. The molecule has 19 heavy (non-hydrogen) atoms. The minimum atomic E-state index is 0.00680. The van der Waals surface area contributed by atoms with Gasteiger partial charge in [0.05, 0.1) is 17.4 Å². The van der Waals surface area contributed by atoms with E-state index in [2.05, 4.69) is 10.1 Å². The lowest BCUT2D eigenvalue weighted by atomic mass is 10.1. The first-order chi connectivity index (χ1) is 9.11. The fourth-order valence-corrected chi connectivity index (χ4v) is 2.23. The number of rotatable bonds is 4. The Morgan fingerprint density at radius 2 is 2.42 bits per heavy atom. The Morgan fingerprint density at radius 1 is 1.63 bits per heavy atom. The van der Waals surface area contributed by atoms with E-state index in [1.807, 2.05) is 6.92 Å². The lowest BCUT2D eigenvalue weighted by Gasteiger charge is -2.16. The van der Waals surface area contributed by atoms with Crippen molar-refractivity contribution in [3.05, 3.63) is 23.0 Å². The first kappa shape index (κ1) is 13.6. The van der Waals surface area contributed by atoms with Crippen molar-refractivity contribution >= 4 is 5.84 Å². The summed E-state index contributed by atoms with van der Waals surface area (Å²) in [7, 11) is 0. The molecule has 1 aromatic rings. The van der Waals surface area contributed by atoms with Gasteiger partial charge < -0.3 is 20.4 Å². The Bertz CT molecular complexity index is 482. The standard InChI is InChI=1S/C13H19N3O3/c1-8-6-11(19-7-10-4-3-5-18-10)12(9(2)15-8)13(14)16-17/h6,10,17H,3-5,7H2,1-2H3,(H2,14,16). The second kappa shape index (κ2) is 5.88. The number of nitrogens with zero attached hydrogens (tertiary/aromatic N) is 2. The molecule has 2 rings (SSSR count). The summed E-state index contributed by atoms with van der Waals surface area (Å²) in [5.41, 5.74) is 7.72. The number of hydrogen-bond donors (Lipinski definition) is 2. The van der Waals surface area contributed by atoms with Gasteiger partial charge in [0.25, 0.3) is 0 Å². The highest BCUT2D eigenvalue weighted by atomic mass is 16.5. The van der Waals surface area contributed by atoms with Gasteiger partial charge in [-0.05, 0) is 26.7 Å². The van der Waals surface area contributed by atoms with Crippen molar-refractivity contribution in [3.63, 3.8) is 0 Å². The van der Waals surface area contributed by atoms with Gasteiger partial charge in [0.15, 0.2) is 5.84 Å². The molecule has 1 unspecified atom stereocenters. The summed E-state index contributed by atoms with van der Waals surface area (Å²) in [4.78, 5) is 4.30. The molecule has 0 radical (unpaired) electrons. The van der Waals surface area contributed by atoms with Gasteiger partial charge in [-0.3, -0.25) is 4.98 Å². The van der Waals surface area contributed by atoms with Gasteiger partial charge in [-0.1, -0.05) is 5.16 Å². The van der Waals surface area contributed by atoms with Crippen LogP contribution in [0.2, 0.25) is 0 Å². The number of aromatic nitrogens is 1. The quantitative estimate of drug-likeness (QED) is 0.371. The van der Waals surface area contributed by atoms with Crippen molar-refractivity contribution in [2.45, 2.75) is 32.8 Å². The van der Waals surface area contributed by atoms with E-state index in [4.69, 9.17) is 20.4 Å². The molecule has 3 N–H and O–H groups in total. The van der Waals surface area contributed by atoms with Crippen LogP contribution in [0.5, 0.6) is 5.75 Å². The van der Waals surface area contributed by atoms with Gasteiger partial charge in [-0.15, -0.1) is 0 Å². The summed E-state index contributed by atoms with van der Waals surface area (Å²) in [5, 5.41) is 11.9. The highest BCUT2D eigenvalue weighted by molar-refractivity contribution is 6.00. The maximum Gasteiger partial charge on any atom is 0.175 e. The first-order valence-electron chi connectivity index (χ1n) is 6.32. The van der Waals surface area contributed by atoms with Crippen LogP contribution in [0.4, 0.5) is 0 Å². The summed E-state index contributed by atoms with van der Waals surface area (Å²) in [6.07, 6.45) is 2.19. The van der Waals surface area contributed by atoms with Crippen LogP contribution in [0.3, 0.4) is 0 Å². The van der Waals surface area contributed by atoms with Crippen molar-refractivity contribution in [3.8, 4) is 5.75 Å². The number of aryl methyl sites for hydroxylation is 2. The zero-order valence-electron chi connectivity index (χ0n) is 11.2. The van der Waals surface area contributed by atoms with Gasteiger partial charge in [-0.2, -0.15) is 0 Å². The maximum absolute atomic E-state index is 8.84. The van der Waals surface area contributed by atoms with Gasteiger partial charge in [0.1, 0.15) is 12.4 Å². The van der Waals surface area contributed by atoms with Crippen molar-refractivity contribution in [1.82, 2.24) is 4.98 Å². The zero-order chi connectivity index (χ0) is 13.8. The Labute approximate surface area is 112 Å². The SMILES string of the molecule is Cc1cc(OCC2CCCO2)c(/C(N)=N/O)c(C)n1. The predicted octanol–water partition coefficient (Wildman–Crippen LogP) is 1.35. The Hall–Kier alpha value is -1.82. The van der Waals surface area contributed by atoms with Crippen LogP contribution in [0.25, 0.3) is 0 Å². The lowest BCUT2D eigenvalue weighted by Crippen LogP contribution is -2.21. The van der Waals surface area contributed by atoms with E-state index in [1.165, 1.54) is 0 Å². The Morgan fingerprint density at radius 3 is 3.05 bits per heavy atom. The van der Waals surface area contributed by atoms with E-state index in [0.717, 1.165) is 25.1 Å². The monoisotopic (exact) mass is 265 g/mol. The summed E-state index contributed by atoms with van der Waals surface area (Å²) >= 11 is 0. The van der Waals surface area contributed by atoms with Crippen LogP contribution in [0.15, 0.2) is 11.2 Å². The van der Waals surface area contributed by atoms with Gasteiger partial charge in [0.2, 0.25) is 0 Å². The topological polar surface area (TPSA) is 90.0 Å². The van der Waals surface area contributed by atoms with Crippen LogP contribution in [0, 0.1) is 13.8 Å². The minimum Gasteiger partial charge on any atom is -0.490 e. The molecule has 1 atom stereocenters. The predicted molar refractivity (Wildman–Crippen MR) is 70.7 cm³/mol. The van der Waals surface area contributed by atoms with Crippen LogP contribution in [-0.4, -0.2) is 35.3 Å². The molecule has 1 fully saturated rings. The largest absolute Gasteiger partial charge is 0.490 e. The average Bonchev–Trinajstić information content (AvgIpc) is 2.88. The second-order valence-corrected chi connectivity index (χ2v) is 4.65. The molecular formula is C13H19N3O3. The van der Waals surface area contributed by atoms with E-state index < -0.39 is 0 Å². The van der Waals surface area contributed by atoms with E-state index in [9.17, 15) is 0 Å². The third-order valence-electron chi connectivity index (χ3n) is 3.10. The van der Waals surface area contributed by atoms with Crippen molar-refractivity contribution in [2.75, 3.05) is 13.2 Å². The average molecular weight is 265 g/mol. The van der Waals surface area contributed by atoms with E-state index in [1.54, 1.807) is 13.0 Å². The molecule has 0 amide bonds. The normalized spacial score (nSPS) is 19.7. The summed E-state index contributed by atoms with van der Waals surface area (Å²) in [6, 6.07) is 1.79. The van der Waals surface area contributed by atoms with Crippen LogP contribution >= 0.6 is 0 Å². The molecule has 0 spiro atoms. The minimum absolute atomic E-state index is 0.00680.